The van der Waals surface area contributed by atoms with Crippen molar-refractivity contribution in [2.75, 3.05) is 27.3 Å². The largest absolute Gasteiger partial charge is 0.464 e. The molecular weight excluding hydrogens is 952 g/mol. The maximum atomic E-state index is 17.0. The number of rotatable bonds is 12. The highest BCUT2D eigenvalue weighted by Gasteiger charge is 2.43. The van der Waals surface area contributed by atoms with Gasteiger partial charge < -0.3 is 39.4 Å². The number of thiazole rings is 1. The number of hydrogen-bond acceptors (Lipinski definition) is 12. The van der Waals surface area contributed by atoms with Crippen molar-refractivity contribution >= 4 is 68.8 Å². The summed E-state index contributed by atoms with van der Waals surface area (Å²) in [5, 5.41) is 7.47. The number of nitrogens with zero attached hydrogens (tertiary/aromatic N) is 6. The minimum absolute atomic E-state index is 0.0397. The molecule has 0 aliphatic carbocycles. The minimum Gasteiger partial charge on any atom is -0.464 e. The number of hydrogen-bond donors (Lipinski definition) is 2. The van der Waals surface area contributed by atoms with E-state index in [4.69, 9.17) is 33.9 Å². The van der Waals surface area contributed by atoms with Crippen molar-refractivity contribution < 1.29 is 42.5 Å². The van der Waals surface area contributed by atoms with Gasteiger partial charge in [-0.25, -0.2) is 19.0 Å². The second-order valence-electron chi connectivity index (χ2n) is 21.0. The molecule has 3 unspecified atom stereocenters. The van der Waals surface area contributed by atoms with E-state index in [1.165, 1.54) is 14.2 Å². The monoisotopic (exact) mass is 1020 g/mol. The third kappa shape index (κ3) is 9.68. The first-order valence-corrected chi connectivity index (χ1v) is 26.5. The predicted octanol–water partition coefficient (Wildman–Crippen LogP) is 9.63. The molecule has 2 N–H and O–H groups in total. The Morgan fingerprint density at radius 3 is 2.05 bits per heavy atom. The van der Waals surface area contributed by atoms with Gasteiger partial charge in [-0.15, -0.1) is 11.3 Å². The molecular formula is C55H65FN8O8S. The van der Waals surface area contributed by atoms with Crippen LogP contribution in [0.15, 0.2) is 65.0 Å². The van der Waals surface area contributed by atoms with Gasteiger partial charge in [0.25, 0.3) is 0 Å². The van der Waals surface area contributed by atoms with E-state index in [-0.39, 0.29) is 53.9 Å². The molecule has 3 fully saturated rings. The van der Waals surface area contributed by atoms with Crippen molar-refractivity contribution in [2.24, 2.45) is 21.8 Å². The molecule has 0 radical (unpaired) electrons. The van der Waals surface area contributed by atoms with Crippen LogP contribution in [0.4, 0.5) is 14.0 Å². The van der Waals surface area contributed by atoms with E-state index in [1.807, 2.05) is 62.0 Å². The van der Waals surface area contributed by atoms with Crippen LogP contribution in [0.2, 0.25) is 0 Å². The Morgan fingerprint density at radius 2 is 1.44 bits per heavy atom. The number of amides is 4. The summed E-state index contributed by atoms with van der Waals surface area (Å²) in [5.74, 6) is -0.376. The highest BCUT2D eigenvalue weighted by atomic mass is 32.1. The van der Waals surface area contributed by atoms with Gasteiger partial charge in [0.15, 0.2) is 0 Å². The summed E-state index contributed by atoms with van der Waals surface area (Å²) in [4.78, 5) is 72.2. The summed E-state index contributed by atoms with van der Waals surface area (Å²) in [7, 11) is 2.59. The molecule has 16 nitrogen and oxygen atoms in total. The Balaban J connectivity index is 0.904. The summed E-state index contributed by atoms with van der Waals surface area (Å²) in [6, 6.07) is 9.78. The molecule has 0 saturated carbocycles. The Morgan fingerprint density at radius 1 is 0.808 bits per heavy atom. The zero-order valence-corrected chi connectivity index (χ0v) is 43.6. The summed E-state index contributed by atoms with van der Waals surface area (Å²) in [5.41, 5.74) is 7.09. The number of methoxy groups -OCH3 is 2. The van der Waals surface area contributed by atoms with Crippen LogP contribution in [-0.4, -0.2) is 118 Å². The number of likely N-dealkylation sites (tertiary alicyclic amines) is 2. The van der Waals surface area contributed by atoms with E-state index < -0.39 is 36.3 Å². The molecule has 8 atom stereocenters. The average Bonchev–Trinajstić information content (AvgIpc) is 4.23. The van der Waals surface area contributed by atoms with Crippen LogP contribution >= 0.6 is 11.3 Å². The summed E-state index contributed by atoms with van der Waals surface area (Å²) >= 11 is 1.58. The first-order valence-electron chi connectivity index (χ1n) is 25.7. The van der Waals surface area contributed by atoms with Crippen LogP contribution in [-0.2, 0) is 23.8 Å². The molecule has 6 aliphatic heterocycles. The zero-order valence-electron chi connectivity index (χ0n) is 42.8. The maximum absolute atomic E-state index is 17.0. The molecule has 2 aromatic carbocycles. The molecule has 73 heavy (non-hydrogen) atoms. The Bertz CT molecular complexity index is 2960. The van der Waals surface area contributed by atoms with Gasteiger partial charge in [0.1, 0.15) is 23.7 Å². The molecule has 8 heterocycles. The SMILES string of the molecule is COC(=O)NC(C(=O)N1CCC[C@H]1C1=NC=C(c2ccc3c(c2)cc2n3C(c3cnc(C(C)C)s3)Oc3cc(C4=CN=C([C@@H]5CCCN5C(=O)[C@@H](NC(=O)OC)C(C)C)C4)cc(F)c3-2)C1)C1C[C@@H](C)O[C@@H](C)C1. The predicted molar refractivity (Wildman–Crippen MR) is 278 cm³/mol. The first kappa shape index (κ1) is 50.1. The normalized spacial score (nSPS) is 24.4. The van der Waals surface area contributed by atoms with Crippen LogP contribution in [0.3, 0.4) is 0 Å². The minimum atomic E-state index is -0.748. The zero-order chi connectivity index (χ0) is 51.4. The number of alkyl carbamates (subject to hydrolysis) is 2. The number of allylic oxidation sites excluding steroid dienone is 2. The lowest BCUT2D eigenvalue weighted by molar-refractivity contribution is -0.137. The van der Waals surface area contributed by atoms with E-state index in [9.17, 15) is 19.2 Å². The molecule has 18 heteroatoms. The number of ether oxygens (including phenoxy) is 4. The molecule has 4 aromatic rings. The second-order valence-corrected chi connectivity index (χ2v) is 22.1. The van der Waals surface area contributed by atoms with Crippen LogP contribution in [0.25, 0.3) is 33.3 Å². The molecule has 10 rings (SSSR count). The fourth-order valence-corrected chi connectivity index (χ4v) is 12.7. The Hall–Kier alpha value is -6.40. The van der Waals surface area contributed by atoms with Crippen molar-refractivity contribution in [3.8, 4) is 17.0 Å². The third-order valence-corrected chi connectivity index (χ3v) is 16.6. The van der Waals surface area contributed by atoms with Crippen LogP contribution in [0, 0.1) is 17.7 Å². The van der Waals surface area contributed by atoms with Crippen molar-refractivity contribution in [1.29, 1.82) is 0 Å². The van der Waals surface area contributed by atoms with E-state index >= 15 is 4.39 Å². The highest BCUT2D eigenvalue weighted by molar-refractivity contribution is 7.11. The van der Waals surface area contributed by atoms with Crippen molar-refractivity contribution in [3.05, 3.63) is 81.8 Å². The second kappa shape index (κ2) is 20.5. The van der Waals surface area contributed by atoms with Gasteiger partial charge in [-0.1, -0.05) is 33.8 Å². The molecule has 0 spiro atoms. The van der Waals surface area contributed by atoms with Gasteiger partial charge in [-0.05, 0) is 117 Å². The molecule has 0 bridgehead atoms. The summed E-state index contributed by atoms with van der Waals surface area (Å²) < 4.78 is 41.8. The number of fused-ring (bicyclic) bond motifs is 5. The third-order valence-electron chi connectivity index (χ3n) is 15.3. The van der Waals surface area contributed by atoms with Crippen molar-refractivity contribution in [2.45, 2.75) is 141 Å². The first-order chi connectivity index (χ1) is 35.1. The van der Waals surface area contributed by atoms with Gasteiger partial charge in [0, 0.05) is 67.3 Å². The number of carbonyl (C=O) groups is 4. The lowest BCUT2D eigenvalue weighted by Gasteiger charge is -2.38. The molecule has 2 aromatic heterocycles. The molecule has 3 saturated heterocycles. The van der Waals surface area contributed by atoms with E-state index in [1.54, 1.807) is 23.6 Å². The standard InChI is InChI=1S/C55H65FN8O8S/c1-28(2)48(60-54(67)69-7)51(65)62-15-9-11-42(62)40-22-37(26-58-40)33-20-38(56)47-44-23-34-19-32(13-14-41(34)64(44)53(72-45(47)24-33)46-27-59-50(73-46)29(3)4)36-21-39(57-25-36)43-12-10-16-63(43)52(66)49(61-55(68)70-8)35-17-30(5)71-31(6)18-35/h13-14,19-20,23-31,35,42-43,48-49,53H,9-12,15-18,21-22H2,1-8H3,(H,60,67)(H,61,68)/t30-,31+,35?,42-,43-,48-,49?,53?/m0/s1. The van der Waals surface area contributed by atoms with Gasteiger partial charge in [-0.3, -0.25) is 24.1 Å². The van der Waals surface area contributed by atoms with E-state index in [2.05, 4.69) is 47.2 Å². The van der Waals surface area contributed by atoms with Gasteiger partial charge in [0.2, 0.25) is 18.0 Å². The number of nitrogens with one attached hydrogen (secondary N) is 2. The summed E-state index contributed by atoms with van der Waals surface area (Å²) in [6.07, 6.45) is 8.94. The fourth-order valence-electron chi connectivity index (χ4n) is 11.8. The van der Waals surface area contributed by atoms with E-state index in [0.29, 0.717) is 61.3 Å². The number of aromatic nitrogens is 2. The lowest BCUT2D eigenvalue weighted by Crippen LogP contribution is -2.56. The number of halogens is 1. The molecule has 6 aliphatic rings. The van der Waals surface area contributed by atoms with Crippen molar-refractivity contribution in [1.82, 2.24) is 30.0 Å². The molecule has 4 amide bonds. The number of benzene rings is 2. The van der Waals surface area contributed by atoms with E-state index in [0.717, 1.165) is 74.6 Å². The van der Waals surface area contributed by atoms with Gasteiger partial charge >= 0.3 is 12.2 Å². The topological polar surface area (TPSA) is 178 Å². The van der Waals surface area contributed by atoms with Crippen LogP contribution in [0.5, 0.6) is 5.75 Å². The smallest absolute Gasteiger partial charge is 0.407 e. The Kier molecular flexibility index (Phi) is 14.1. The Labute approximate surface area is 429 Å². The van der Waals surface area contributed by atoms with Gasteiger partial charge in [0.05, 0.1) is 65.2 Å². The summed E-state index contributed by atoms with van der Waals surface area (Å²) in [6.45, 7) is 13.1. The average molecular weight is 1020 g/mol. The quantitative estimate of drug-likeness (QED) is 0.140. The lowest BCUT2D eigenvalue weighted by atomic mass is 9.85. The molecule has 386 valence electrons. The highest BCUT2D eigenvalue weighted by Crippen LogP contribution is 2.48. The van der Waals surface area contributed by atoms with Crippen LogP contribution < -0.4 is 15.4 Å². The fraction of sp³-hybridized carbons (Fsp3) is 0.509. The van der Waals surface area contributed by atoms with Gasteiger partial charge in [-0.2, -0.15) is 0 Å². The van der Waals surface area contributed by atoms with Crippen molar-refractivity contribution in [3.63, 3.8) is 0 Å². The number of carbonyl (C=O) groups excluding carboxylic acids is 4. The number of aliphatic imine (C=N–C) groups is 2. The maximum Gasteiger partial charge on any atom is 0.407 e. The van der Waals surface area contributed by atoms with Crippen LogP contribution in [0.1, 0.15) is 126 Å².